The van der Waals surface area contributed by atoms with Crippen molar-refractivity contribution in [2.75, 3.05) is 7.11 Å². The van der Waals surface area contributed by atoms with Gasteiger partial charge in [0.1, 0.15) is 11.6 Å². The van der Waals surface area contributed by atoms with Crippen LogP contribution in [0.1, 0.15) is 25.3 Å². The van der Waals surface area contributed by atoms with Gasteiger partial charge in [-0.3, -0.25) is 0 Å². The zero-order valence-corrected chi connectivity index (χ0v) is 8.99. The lowest BCUT2D eigenvalue weighted by Gasteiger charge is -2.14. The van der Waals surface area contributed by atoms with E-state index in [1.165, 1.54) is 13.2 Å². The Morgan fingerprint density at radius 1 is 1.33 bits per heavy atom. The van der Waals surface area contributed by atoms with E-state index in [1.54, 1.807) is 0 Å². The first-order valence-electron chi connectivity index (χ1n) is 4.70. The van der Waals surface area contributed by atoms with Crippen LogP contribution in [-0.4, -0.2) is 24.3 Å². The average molecular weight is 212 g/mol. The van der Waals surface area contributed by atoms with E-state index in [2.05, 4.69) is 0 Å². The van der Waals surface area contributed by atoms with Crippen molar-refractivity contribution in [3.63, 3.8) is 0 Å². The van der Waals surface area contributed by atoms with Crippen molar-refractivity contribution in [1.82, 2.24) is 0 Å². The number of benzene rings is 1. The molecule has 1 rings (SSSR count). The molecule has 0 radical (unpaired) electrons. The molecule has 0 saturated carbocycles. The van der Waals surface area contributed by atoms with Crippen LogP contribution >= 0.6 is 0 Å². The maximum atomic E-state index is 13.6. The monoisotopic (exact) mass is 212 g/mol. The summed E-state index contributed by atoms with van der Waals surface area (Å²) in [6, 6.07) is 2.55. The van der Waals surface area contributed by atoms with Gasteiger partial charge in [0.2, 0.25) is 0 Å². The topological polar surface area (TPSA) is 49.7 Å². The minimum absolute atomic E-state index is 0.0233. The maximum Gasteiger partial charge on any atom is 0.488 e. The molecule has 1 aromatic rings. The fraction of sp³-hybridized carbons (Fsp3) is 0.400. The first kappa shape index (κ1) is 12.0. The molecule has 1 aromatic carbocycles. The highest BCUT2D eigenvalue weighted by Crippen LogP contribution is 2.27. The van der Waals surface area contributed by atoms with Crippen LogP contribution in [0, 0.1) is 5.82 Å². The fourth-order valence-corrected chi connectivity index (χ4v) is 1.49. The summed E-state index contributed by atoms with van der Waals surface area (Å²) in [4.78, 5) is 0. The predicted molar refractivity (Wildman–Crippen MR) is 56.9 cm³/mol. The number of ether oxygens (including phenoxy) is 1. The molecule has 0 aliphatic heterocycles. The van der Waals surface area contributed by atoms with E-state index in [0.717, 1.165) is 6.07 Å². The lowest BCUT2D eigenvalue weighted by atomic mass is 9.79. The average Bonchev–Trinajstić information content (AvgIpc) is 2.15. The highest BCUT2D eigenvalue weighted by atomic mass is 19.1. The maximum absolute atomic E-state index is 13.6. The van der Waals surface area contributed by atoms with Gasteiger partial charge in [-0.1, -0.05) is 13.8 Å². The summed E-state index contributed by atoms with van der Waals surface area (Å²) in [5.41, 5.74) is 0.538. The molecule has 2 N–H and O–H groups in total. The van der Waals surface area contributed by atoms with Crippen LogP contribution in [0.4, 0.5) is 4.39 Å². The van der Waals surface area contributed by atoms with Gasteiger partial charge in [-0.2, -0.15) is 0 Å². The Morgan fingerprint density at radius 3 is 2.33 bits per heavy atom. The molecule has 0 atom stereocenters. The van der Waals surface area contributed by atoms with Crippen molar-refractivity contribution in [1.29, 1.82) is 0 Å². The third kappa shape index (κ3) is 2.49. The van der Waals surface area contributed by atoms with E-state index in [1.807, 2.05) is 13.8 Å². The number of hydrogen-bond acceptors (Lipinski definition) is 3. The Kier molecular flexibility index (Phi) is 3.71. The normalized spacial score (nSPS) is 10.6. The molecule has 3 nitrogen and oxygen atoms in total. The van der Waals surface area contributed by atoms with Crippen molar-refractivity contribution in [3.05, 3.63) is 23.5 Å². The number of halogens is 1. The minimum Gasteiger partial charge on any atom is -0.496 e. The summed E-state index contributed by atoms with van der Waals surface area (Å²) in [5, 5.41) is 17.9. The Morgan fingerprint density at radius 2 is 1.93 bits per heavy atom. The van der Waals surface area contributed by atoms with Crippen LogP contribution in [0.2, 0.25) is 0 Å². The van der Waals surface area contributed by atoms with Gasteiger partial charge in [0, 0.05) is 5.56 Å². The summed E-state index contributed by atoms with van der Waals surface area (Å²) in [6.07, 6.45) is 0. The predicted octanol–water partition coefficient (Wildman–Crippen LogP) is 0.637. The van der Waals surface area contributed by atoms with Crippen LogP contribution in [-0.2, 0) is 0 Å². The second kappa shape index (κ2) is 4.64. The molecular formula is C10H14BFO3. The largest absolute Gasteiger partial charge is 0.496 e. The van der Waals surface area contributed by atoms with E-state index in [9.17, 15) is 4.39 Å². The quantitative estimate of drug-likeness (QED) is 0.722. The van der Waals surface area contributed by atoms with Gasteiger partial charge < -0.3 is 14.8 Å². The van der Waals surface area contributed by atoms with Crippen LogP contribution in [0.15, 0.2) is 12.1 Å². The molecule has 0 fully saturated rings. The molecule has 82 valence electrons. The minimum atomic E-state index is -1.69. The van der Waals surface area contributed by atoms with Crippen LogP contribution < -0.4 is 10.2 Å². The second-order valence-electron chi connectivity index (χ2n) is 3.65. The van der Waals surface area contributed by atoms with Crippen LogP contribution in [0.5, 0.6) is 5.75 Å². The van der Waals surface area contributed by atoms with Gasteiger partial charge >= 0.3 is 7.12 Å². The third-order valence-corrected chi connectivity index (χ3v) is 2.21. The number of hydrogen-bond donors (Lipinski definition) is 2. The Bertz CT molecular complexity index is 353. The first-order chi connectivity index (χ1) is 6.97. The van der Waals surface area contributed by atoms with E-state index in [4.69, 9.17) is 14.8 Å². The molecule has 0 amide bonds. The molecule has 0 bridgehead atoms. The van der Waals surface area contributed by atoms with Crippen LogP contribution in [0.25, 0.3) is 0 Å². The summed E-state index contributed by atoms with van der Waals surface area (Å²) >= 11 is 0. The Balaban J connectivity index is 3.31. The molecule has 15 heavy (non-hydrogen) atoms. The molecule has 0 aromatic heterocycles. The lowest BCUT2D eigenvalue weighted by molar-refractivity contribution is 0.399. The molecular weight excluding hydrogens is 198 g/mol. The van der Waals surface area contributed by atoms with E-state index < -0.39 is 12.9 Å². The van der Waals surface area contributed by atoms with Crippen molar-refractivity contribution >= 4 is 12.6 Å². The molecule has 0 heterocycles. The number of rotatable bonds is 3. The molecule has 0 spiro atoms. The highest BCUT2D eigenvalue weighted by molar-refractivity contribution is 6.58. The van der Waals surface area contributed by atoms with Crippen molar-refractivity contribution in [2.24, 2.45) is 0 Å². The van der Waals surface area contributed by atoms with Gasteiger partial charge in [-0.15, -0.1) is 0 Å². The molecule has 5 heteroatoms. The zero-order valence-electron chi connectivity index (χ0n) is 8.99. The van der Waals surface area contributed by atoms with Gasteiger partial charge in [-0.25, -0.2) is 4.39 Å². The smallest absolute Gasteiger partial charge is 0.488 e. The van der Waals surface area contributed by atoms with Crippen molar-refractivity contribution in [2.45, 2.75) is 19.8 Å². The SMILES string of the molecule is COc1cc(B(O)O)cc(F)c1C(C)C. The standard InChI is InChI=1S/C10H14BFO3/c1-6(2)10-8(12)4-7(11(13)14)5-9(10)15-3/h4-6,13-14H,1-3H3. The van der Waals surface area contributed by atoms with E-state index in [-0.39, 0.29) is 11.4 Å². The summed E-state index contributed by atoms with van der Waals surface area (Å²) < 4.78 is 18.6. The Labute approximate surface area is 88.7 Å². The summed E-state index contributed by atoms with van der Waals surface area (Å²) in [7, 11) is -0.261. The van der Waals surface area contributed by atoms with Gasteiger partial charge in [0.15, 0.2) is 0 Å². The molecule has 0 saturated heterocycles. The van der Waals surface area contributed by atoms with Crippen molar-refractivity contribution < 1.29 is 19.2 Å². The molecule has 0 aliphatic rings. The Hall–Kier alpha value is -1.07. The summed E-state index contributed by atoms with van der Waals surface area (Å²) in [5.74, 6) is -0.162. The zero-order chi connectivity index (χ0) is 11.6. The highest BCUT2D eigenvalue weighted by Gasteiger charge is 2.19. The first-order valence-corrected chi connectivity index (χ1v) is 4.70. The van der Waals surface area contributed by atoms with Gasteiger partial charge in [0.05, 0.1) is 7.11 Å². The third-order valence-electron chi connectivity index (χ3n) is 2.21. The number of methoxy groups -OCH3 is 1. The van der Waals surface area contributed by atoms with E-state index >= 15 is 0 Å². The van der Waals surface area contributed by atoms with Gasteiger partial charge in [-0.05, 0) is 23.5 Å². The molecule has 0 unspecified atom stereocenters. The molecule has 0 aliphatic carbocycles. The second-order valence-corrected chi connectivity index (χ2v) is 3.65. The lowest BCUT2D eigenvalue weighted by Crippen LogP contribution is -2.30. The van der Waals surface area contributed by atoms with Crippen molar-refractivity contribution in [3.8, 4) is 5.75 Å². The van der Waals surface area contributed by atoms with E-state index in [0.29, 0.717) is 11.3 Å². The fourth-order valence-electron chi connectivity index (χ4n) is 1.49. The van der Waals surface area contributed by atoms with Gasteiger partial charge in [0.25, 0.3) is 0 Å². The van der Waals surface area contributed by atoms with Crippen LogP contribution in [0.3, 0.4) is 0 Å². The summed E-state index contributed by atoms with van der Waals surface area (Å²) in [6.45, 7) is 3.69.